The van der Waals surface area contributed by atoms with Crippen molar-refractivity contribution in [3.8, 4) is 5.75 Å². The highest BCUT2D eigenvalue weighted by atomic mass is 79.9. The van der Waals surface area contributed by atoms with Gasteiger partial charge in [0, 0.05) is 4.47 Å². The van der Waals surface area contributed by atoms with Crippen LogP contribution in [0.15, 0.2) is 22.7 Å². The van der Waals surface area contributed by atoms with Crippen molar-refractivity contribution < 1.29 is 32.2 Å². The quantitative estimate of drug-likeness (QED) is 0.841. The molecular formula is C10H7BrF4O3. The number of hydrogen-bond acceptors (Lipinski definition) is 2. The average molecular weight is 331 g/mol. The lowest BCUT2D eigenvalue weighted by Gasteiger charge is -2.16. The lowest BCUT2D eigenvalue weighted by Crippen LogP contribution is -2.33. The molecule has 1 aromatic carbocycles. The van der Waals surface area contributed by atoms with Gasteiger partial charge in [-0.2, -0.15) is 8.78 Å². The maximum absolute atomic E-state index is 12.6. The van der Waals surface area contributed by atoms with Crippen molar-refractivity contribution in [1.29, 1.82) is 0 Å². The largest absolute Gasteiger partial charge is 0.487 e. The van der Waals surface area contributed by atoms with E-state index in [1.165, 1.54) is 0 Å². The molecule has 3 nitrogen and oxygen atoms in total. The van der Waals surface area contributed by atoms with Crippen LogP contribution in [-0.2, 0) is 0 Å². The summed E-state index contributed by atoms with van der Waals surface area (Å²) in [6.45, 7) is -1.48. The molecule has 1 rings (SSSR count). The van der Waals surface area contributed by atoms with Crippen molar-refractivity contribution in [3.63, 3.8) is 0 Å². The van der Waals surface area contributed by atoms with Crippen LogP contribution in [0.2, 0.25) is 0 Å². The van der Waals surface area contributed by atoms with E-state index in [2.05, 4.69) is 20.7 Å². The Balaban J connectivity index is 2.76. The second-order valence-corrected chi connectivity index (χ2v) is 4.15. The summed E-state index contributed by atoms with van der Waals surface area (Å²) in [7, 11) is 0. The monoisotopic (exact) mass is 330 g/mol. The van der Waals surface area contributed by atoms with Crippen LogP contribution in [-0.4, -0.2) is 30.0 Å². The van der Waals surface area contributed by atoms with E-state index in [1.807, 2.05) is 0 Å². The van der Waals surface area contributed by atoms with Gasteiger partial charge < -0.3 is 9.84 Å². The van der Waals surface area contributed by atoms with E-state index in [1.54, 1.807) is 0 Å². The minimum absolute atomic E-state index is 0.0945. The predicted octanol–water partition coefficient (Wildman–Crippen LogP) is 3.43. The van der Waals surface area contributed by atoms with Gasteiger partial charge in [-0.15, -0.1) is 0 Å². The van der Waals surface area contributed by atoms with Crippen LogP contribution in [0.4, 0.5) is 17.6 Å². The van der Waals surface area contributed by atoms with E-state index in [0.717, 1.165) is 18.2 Å². The predicted molar refractivity (Wildman–Crippen MR) is 57.5 cm³/mol. The summed E-state index contributed by atoms with van der Waals surface area (Å²) in [6.07, 6.45) is -3.82. The van der Waals surface area contributed by atoms with E-state index in [9.17, 15) is 22.4 Å². The number of carbonyl (C=O) groups is 1. The van der Waals surface area contributed by atoms with Gasteiger partial charge in [-0.25, -0.2) is 13.6 Å². The van der Waals surface area contributed by atoms with Gasteiger partial charge in [0.15, 0.2) is 6.61 Å². The second-order valence-electron chi connectivity index (χ2n) is 3.30. The first-order valence-electron chi connectivity index (χ1n) is 4.55. The van der Waals surface area contributed by atoms with Crippen molar-refractivity contribution in [2.24, 2.45) is 0 Å². The number of hydrogen-bond donors (Lipinski definition) is 1. The highest BCUT2D eigenvalue weighted by Crippen LogP contribution is 2.27. The van der Waals surface area contributed by atoms with E-state index in [4.69, 9.17) is 5.11 Å². The summed E-state index contributed by atoms with van der Waals surface area (Å²) < 4.78 is 53.4. The highest BCUT2D eigenvalue weighted by Gasteiger charge is 2.41. The summed E-state index contributed by atoms with van der Waals surface area (Å²) in [5.74, 6) is -5.60. The van der Waals surface area contributed by atoms with Gasteiger partial charge in [0.2, 0.25) is 0 Å². The molecule has 8 heteroatoms. The number of ether oxygens (including phenoxy) is 1. The Morgan fingerprint density at radius 2 is 2.06 bits per heavy atom. The topological polar surface area (TPSA) is 46.5 Å². The molecule has 0 amide bonds. The Bertz CT molecular complexity index is 451. The standard InChI is InChI=1S/C10H7BrF4O3/c11-7-3-5(1-2-6(7)8(16)17)18-4-10(14,15)9(12)13/h1-3,9H,4H2,(H,16,17). The molecule has 18 heavy (non-hydrogen) atoms. The molecule has 0 saturated heterocycles. The number of carboxylic acids is 1. The lowest BCUT2D eigenvalue weighted by atomic mass is 10.2. The van der Waals surface area contributed by atoms with Crippen molar-refractivity contribution in [2.45, 2.75) is 12.3 Å². The van der Waals surface area contributed by atoms with Crippen molar-refractivity contribution in [1.82, 2.24) is 0 Å². The van der Waals surface area contributed by atoms with E-state index in [-0.39, 0.29) is 15.8 Å². The third-order valence-corrected chi connectivity index (χ3v) is 2.58. The number of halogens is 5. The Morgan fingerprint density at radius 3 is 2.50 bits per heavy atom. The van der Waals surface area contributed by atoms with Crippen LogP contribution >= 0.6 is 15.9 Å². The molecule has 0 atom stereocenters. The highest BCUT2D eigenvalue weighted by molar-refractivity contribution is 9.10. The molecule has 0 aliphatic carbocycles. The van der Waals surface area contributed by atoms with Crippen molar-refractivity contribution in [3.05, 3.63) is 28.2 Å². The van der Waals surface area contributed by atoms with Crippen LogP contribution in [0, 0.1) is 0 Å². The minimum atomic E-state index is -4.25. The number of benzene rings is 1. The molecule has 1 aromatic rings. The van der Waals surface area contributed by atoms with Crippen molar-refractivity contribution in [2.75, 3.05) is 6.61 Å². The summed E-state index contributed by atoms with van der Waals surface area (Å²) in [5.41, 5.74) is -0.0945. The summed E-state index contributed by atoms with van der Waals surface area (Å²) in [4.78, 5) is 10.6. The molecule has 0 heterocycles. The van der Waals surface area contributed by atoms with Crippen LogP contribution in [0.25, 0.3) is 0 Å². The molecule has 0 aromatic heterocycles. The van der Waals surface area contributed by atoms with Crippen molar-refractivity contribution >= 4 is 21.9 Å². The first-order valence-corrected chi connectivity index (χ1v) is 5.35. The fourth-order valence-corrected chi connectivity index (χ4v) is 1.53. The van der Waals surface area contributed by atoms with Crippen LogP contribution in [0.3, 0.4) is 0 Å². The third kappa shape index (κ3) is 3.59. The van der Waals surface area contributed by atoms with Crippen LogP contribution in [0.1, 0.15) is 10.4 Å². The van der Waals surface area contributed by atoms with E-state index in [0.29, 0.717) is 0 Å². The van der Waals surface area contributed by atoms with Crippen LogP contribution < -0.4 is 4.74 Å². The molecule has 0 spiro atoms. The maximum Gasteiger partial charge on any atom is 0.340 e. The Kier molecular flexibility index (Phi) is 4.55. The normalized spacial score (nSPS) is 11.7. The smallest absolute Gasteiger partial charge is 0.340 e. The minimum Gasteiger partial charge on any atom is -0.487 e. The maximum atomic E-state index is 12.6. The molecular weight excluding hydrogens is 324 g/mol. The molecule has 1 N–H and O–H groups in total. The van der Waals surface area contributed by atoms with Gasteiger partial charge in [0.1, 0.15) is 5.75 Å². The molecule has 100 valence electrons. The number of rotatable bonds is 5. The molecule has 0 fully saturated rings. The van der Waals surface area contributed by atoms with Crippen LogP contribution in [0.5, 0.6) is 5.75 Å². The van der Waals surface area contributed by atoms with Gasteiger partial charge in [-0.1, -0.05) is 0 Å². The number of carboxylic acid groups (broad SMARTS) is 1. The van der Waals surface area contributed by atoms with Gasteiger partial charge in [-0.3, -0.25) is 0 Å². The second kappa shape index (κ2) is 5.55. The fraction of sp³-hybridized carbons (Fsp3) is 0.300. The van der Waals surface area contributed by atoms with Gasteiger partial charge in [0.05, 0.1) is 5.56 Å². The zero-order valence-corrected chi connectivity index (χ0v) is 10.3. The zero-order valence-electron chi connectivity index (χ0n) is 8.67. The molecule has 0 aliphatic rings. The van der Waals surface area contributed by atoms with Gasteiger partial charge >= 0.3 is 18.3 Å². The first kappa shape index (κ1) is 14.7. The molecule has 0 saturated carbocycles. The third-order valence-electron chi connectivity index (χ3n) is 1.92. The Morgan fingerprint density at radius 1 is 1.44 bits per heavy atom. The van der Waals surface area contributed by atoms with Gasteiger partial charge in [0.25, 0.3) is 0 Å². The zero-order chi connectivity index (χ0) is 13.9. The Labute approximate surface area is 107 Å². The Hall–Kier alpha value is -1.31. The van der Waals surface area contributed by atoms with E-state index >= 15 is 0 Å². The average Bonchev–Trinajstić information content (AvgIpc) is 2.25. The van der Waals surface area contributed by atoms with E-state index < -0.39 is 24.9 Å². The number of alkyl halides is 4. The lowest BCUT2D eigenvalue weighted by molar-refractivity contribution is -0.148. The molecule has 0 unspecified atom stereocenters. The van der Waals surface area contributed by atoms with Gasteiger partial charge in [-0.05, 0) is 34.1 Å². The first-order chi connectivity index (χ1) is 8.24. The molecule has 0 bridgehead atoms. The number of aromatic carboxylic acids is 1. The summed E-state index contributed by atoms with van der Waals surface area (Å²) in [6, 6.07) is 3.34. The molecule has 0 aliphatic heterocycles. The molecule has 0 radical (unpaired) electrons. The SMILES string of the molecule is O=C(O)c1ccc(OCC(F)(F)C(F)F)cc1Br. The summed E-state index contributed by atoms with van der Waals surface area (Å²) >= 11 is 2.90. The summed E-state index contributed by atoms with van der Waals surface area (Å²) in [5, 5.41) is 8.70. The fourth-order valence-electron chi connectivity index (χ4n) is 1.00.